The van der Waals surface area contributed by atoms with Crippen LogP contribution in [-0.4, -0.2) is 177 Å². The molecule has 1 unspecified atom stereocenters. The van der Waals surface area contributed by atoms with Crippen molar-refractivity contribution in [2.75, 3.05) is 89.0 Å². The summed E-state index contributed by atoms with van der Waals surface area (Å²) in [5.41, 5.74) is 0. The molecule has 1 aromatic heterocycles. The topological polar surface area (TPSA) is 313 Å². The molecule has 0 bridgehead atoms. The van der Waals surface area contributed by atoms with E-state index in [4.69, 9.17) is 20.3 Å². The van der Waals surface area contributed by atoms with Crippen molar-refractivity contribution < 1.29 is 67.4 Å². The van der Waals surface area contributed by atoms with Gasteiger partial charge in [-0.1, -0.05) is 104 Å². The van der Waals surface area contributed by atoms with Crippen molar-refractivity contribution in [3.8, 4) is 0 Å². The number of carbonyl (C=O) groups is 7. The molecule has 1 aromatic rings. The molecule has 0 radical (unpaired) electrons. The van der Waals surface area contributed by atoms with Crippen LogP contribution in [0.25, 0.3) is 0 Å². The van der Waals surface area contributed by atoms with Crippen LogP contribution in [0.1, 0.15) is 148 Å². The summed E-state index contributed by atoms with van der Waals surface area (Å²) in [7, 11) is -1.39. The lowest BCUT2D eigenvalue weighted by Gasteiger charge is -2.14. The Hall–Kier alpha value is -3.51. The van der Waals surface area contributed by atoms with E-state index in [2.05, 4.69) is 51.1 Å². The molecule has 72 heavy (non-hydrogen) atoms. The summed E-state index contributed by atoms with van der Waals surface area (Å²) in [5, 5.41) is 33.8. The van der Waals surface area contributed by atoms with E-state index in [1.807, 2.05) is 0 Å². The van der Waals surface area contributed by atoms with Gasteiger partial charge in [0.2, 0.25) is 17.7 Å². The average Bonchev–Trinajstić information content (AvgIpc) is 3.87. The first-order valence-corrected chi connectivity index (χ1v) is 29.1. The number of sulfone groups is 1. The number of unbranched alkanes of at least 4 members (excludes halogenated alkanes) is 15. The molecule has 0 aliphatic heterocycles. The van der Waals surface area contributed by atoms with E-state index in [-0.39, 0.29) is 127 Å². The van der Waals surface area contributed by atoms with Crippen LogP contribution in [0, 0.1) is 0 Å². The van der Waals surface area contributed by atoms with E-state index in [1.54, 1.807) is 0 Å². The number of rotatable bonds is 53. The van der Waals surface area contributed by atoms with Gasteiger partial charge < -0.3 is 44.8 Å². The molecule has 0 saturated carbocycles. The third-order valence-electron chi connectivity index (χ3n) is 11.1. The molecular formula is C47H85N8O14PS2. The van der Waals surface area contributed by atoms with Gasteiger partial charge in [0.05, 0.1) is 57.2 Å². The highest BCUT2D eigenvalue weighted by molar-refractivity contribution is 8.00. The number of carboxylic acids is 1. The van der Waals surface area contributed by atoms with Gasteiger partial charge in [0.15, 0.2) is 15.7 Å². The van der Waals surface area contributed by atoms with Gasteiger partial charge in [-0.05, 0) is 32.1 Å². The normalized spacial score (nSPS) is 12.5. The second kappa shape index (κ2) is 46.1. The van der Waals surface area contributed by atoms with E-state index in [0.717, 1.165) is 37.9 Å². The maximum absolute atomic E-state index is 12.4. The van der Waals surface area contributed by atoms with Crippen molar-refractivity contribution in [3.63, 3.8) is 0 Å². The van der Waals surface area contributed by atoms with Crippen LogP contribution in [0.15, 0.2) is 0 Å². The SMILES string of the molecule is [3H]C(=O)[C@H](CSCC(=O)CCCCC[C@H](NC(=O)COCCOCCNC(=O)COCCOCCNC(=O)CCCS(=O)(=O)CC(=O)CCCCCCCCCCCCCCCCc1nn[nH]n1)C(=O)O)NP. The van der Waals surface area contributed by atoms with E-state index >= 15 is 0 Å². The summed E-state index contributed by atoms with van der Waals surface area (Å²) in [4.78, 5) is 83.4. The van der Waals surface area contributed by atoms with Gasteiger partial charge in [0.1, 0.15) is 44.2 Å². The van der Waals surface area contributed by atoms with Crippen LogP contribution in [0.5, 0.6) is 0 Å². The molecule has 414 valence electrons. The lowest BCUT2D eigenvalue weighted by Crippen LogP contribution is -2.42. The van der Waals surface area contributed by atoms with Crippen LogP contribution in [0.3, 0.4) is 0 Å². The van der Waals surface area contributed by atoms with Crippen molar-refractivity contribution in [1.29, 1.82) is 0 Å². The molecule has 1 rings (SSSR count). The Labute approximate surface area is 434 Å². The number of nitrogens with zero attached hydrogens (tertiary/aromatic N) is 3. The van der Waals surface area contributed by atoms with Gasteiger partial charge in [-0.3, -0.25) is 29.1 Å². The quantitative estimate of drug-likeness (QED) is 0.0309. The standard InChI is InChI=1S/C47H85N8O14PS2/c56-33-39(53-70)36-71-37-40(57)19-15-13-16-21-42(47(62)63)50-46(61)35-69-31-29-67-27-25-49-45(60)34-68-30-28-66-26-24-48-44(59)23-18-32-72(64,65)38-41(58)20-14-11-9-7-5-3-1-2-4-6-8-10-12-17-22-43-51-54-55-52-43/h33,39,42,53H,1-32,34-38,70H2,(H,48,59)(H,49,60)(H,50,61)(H,62,63)(H,51,52,54,55)/t39-,42+/m1/s1/i33T. The van der Waals surface area contributed by atoms with E-state index in [9.17, 15) is 47.1 Å². The zero-order chi connectivity index (χ0) is 53.6. The number of aromatic nitrogens is 4. The van der Waals surface area contributed by atoms with Crippen LogP contribution < -0.4 is 21.0 Å². The largest absolute Gasteiger partial charge is 0.480 e. The summed E-state index contributed by atoms with van der Waals surface area (Å²) in [5.74, 6) is -2.10. The van der Waals surface area contributed by atoms with Crippen LogP contribution in [0.2, 0.25) is 0 Å². The van der Waals surface area contributed by atoms with Gasteiger partial charge in [-0.25, -0.2) is 13.2 Å². The van der Waals surface area contributed by atoms with Gasteiger partial charge in [0, 0.05) is 44.5 Å². The Balaban J connectivity index is 1.90. The first kappa shape index (κ1) is 64.6. The van der Waals surface area contributed by atoms with Crippen molar-refractivity contribution in [2.24, 2.45) is 0 Å². The zero-order valence-corrected chi connectivity index (χ0v) is 45.1. The number of aliphatic carboxylic acids is 1. The minimum Gasteiger partial charge on any atom is -0.480 e. The van der Waals surface area contributed by atoms with Crippen LogP contribution in [0.4, 0.5) is 0 Å². The molecule has 3 amide bonds. The number of Topliss-reactive ketones (excluding diaryl/α,β-unsaturated/α-hetero) is 2. The second-order valence-corrected chi connectivity index (χ2v) is 21.0. The fourth-order valence-electron chi connectivity index (χ4n) is 7.11. The fourth-order valence-corrected chi connectivity index (χ4v) is 9.72. The number of ketones is 2. The average molecular weight is 1080 g/mol. The Morgan fingerprint density at radius 2 is 1.21 bits per heavy atom. The molecule has 25 heteroatoms. The maximum atomic E-state index is 12.4. The fraction of sp³-hybridized carbons (Fsp3) is 0.830. The van der Waals surface area contributed by atoms with Crippen molar-refractivity contribution >= 4 is 72.5 Å². The lowest BCUT2D eigenvalue weighted by atomic mass is 10.0. The molecule has 6 N–H and O–H groups in total. The highest BCUT2D eigenvalue weighted by Gasteiger charge is 2.20. The summed E-state index contributed by atoms with van der Waals surface area (Å²) >= 11 is 1.27. The zero-order valence-electron chi connectivity index (χ0n) is 43.3. The maximum Gasteiger partial charge on any atom is 0.326 e. The third-order valence-corrected chi connectivity index (χ3v) is 14.2. The van der Waals surface area contributed by atoms with Crippen molar-refractivity contribution in [3.05, 3.63) is 5.82 Å². The smallest absolute Gasteiger partial charge is 0.326 e. The first-order chi connectivity index (χ1) is 35.2. The number of hydrogen-bond donors (Lipinski definition) is 6. The van der Waals surface area contributed by atoms with E-state index < -0.39 is 45.8 Å². The Morgan fingerprint density at radius 1 is 0.681 bits per heavy atom. The summed E-state index contributed by atoms with van der Waals surface area (Å²) in [6, 6.07) is -1.75. The summed E-state index contributed by atoms with van der Waals surface area (Å²) < 4.78 is 53.3. The van der Waals surface area contributed by atoms with Crippen LogP contribution in [-0.2, 0) is 68.8 Å². The minimum atomic E-state index is -3.58. The Bertz CT molecular complexity index is 1780. The number of aldehydes is 1. The molecule has 0 aromatic carbocycles. The Morgan fingerprint density at radius 3 is 1.76 bits per heavy atom. The number of carboxylic acid groups (broad SMARTS) is 1. The number of carbonyl (C=O) groups excluding carboxylic acids is 6. The molecule has 0 aliphatic carbocycles. The molecule has 3 atom stereocenters. The first-order valence-electron chi connectivity index (χ1n) is 26.1. The molecule has 22 nitrogen and oxygen atoms in total. The number of H-pyrrole nitrogens is 1. The van der Waals surface area contributed by atoms with E-state index in [0.29, 0.717) is 37.9 Å². The highest BCUT2D eigenvalue weighted by Crippen LogP contribution is 2.15. The third kappa shape index (κ3) is 41.9. The number of nitrogens with one attached hydrogen (secondary N) is 5. The Kier molecular flexibility index (Phi) is 41.3. The number of tetrazole rings is 1. The summed E-state index contributed by atoms with van der Waals surface area (Å²) in [6.07, 6.45) is 18.8. The molecular weight excluding hydrogens is 996 g/mol. The number of aryl methyl sites for hydroxylation is 1. The second-order valence-electron chi connectivity index (χ2n) is 17.5. The van der Waals surface area contributed by atoms with Gasteiger partial charge in [-0.2, -0.15) is 17.0 Å². The molecule has 0 spiro atoms. The number of ether oxygens (including phenoxy) is 4. The monoisotopic (exact) mass is 1080 g/mol. The predicted molar refractivity (Wildman–Crippen MR) is 277 cm³/mol. The molecule has 1 heterocycles. The summed E-state index contributed by atoms with van der Waals surface area (Å²) in [6.45, 7) is 0.758. The van der Waals surface area contributed by atoms with Gasteiger partial charge in [-0.15, -0.1) is 10.2 Å². The lowest BCUT2D eigenvalue weighted by molar-refractivity contribution is -0.142. The minimum absolute atomic E-state index is 0.00460. The van der Waals surface area contributed by atoms with Gasteiger partial charge in [0.25, 0.3) is 0 Å². The number of thioether (sulfide) groups is 1. The highest BCUT2D eigenvalue weighted by atomic mass is 32.2. The predicted octanol–water partition coefficient (Wildman–Crippen LogP) is 3.43. The van der Waals surface area contributed by atoms with E-state index in [1.165, 1.54) is 69.5 Å². The number of aromatic amines is 1. The molecule has 0 fully saturated rings. The molecule has 0 aliphatic rings. The van der Waals surface area contributed by atoms with Gasteiger partial charge >= 0.3 is 5.97 Å². The molecule has 0 saturated heterocycles. The van der Waals surface area contributed by atoms with Crippen LogP contribution >= 0.6 is 21.2 Å². The van der Waals surface area contributed by atoms with Crippen molar-refractivity contribution in [1.82, 2.24) is 41.7 Å². The number of hydrogen-bond acceptors (Lipinski definition) is 18. The number of amides is 3. The van der Waals surface area contributed by atoms with Crippen molar-refractivity contribution in [2.45, 2.75) is 160 Å².